The number of fused-ring (bicyclic) bond motifs is 1. The van der Waals surface area contributed by atoms with E-state index in [9.17, 15) is 4.39 Å². The highest BCUT2D eigenvalue weighted by atomic mass is 35.5. The van der Waals surface area contributed by atoms with Gasteiger partial charge >= 0.3 is 0 Å². The van der Waals surface area contributed by atoms with Crippen LogP contribution in [0.5, 0.6) is 0 Å². The van der Waals surface area contributed by atoms with Gasteiger partial charge in [0.15, 0.2) is 0 Å². The maximum atomic E-state index is 13.1. The first-order valence-corrected chi connectivity index (χ1v) is 5.35. The summed E-state index contributed by atoms with van der Waals surface area (Å²) in [6, 6.07) is 6.58. The predicted octanol–water partition coefficient (Wildman–Crippen LogP) is 2.64. The molecule has 1 aliphatic heterocycles. The topological polar surface area (TPSA) is 29.9 Å². The fraction of sp³-hybridized carbons (Fsp3) is 0.250. The molecule has 0 bridgehead atoms. The standard InChI is InChI=1S/C12H12FN3.2ClH/c13-10-3-1-2-9(6-10)12-15-8-11-7-14-4-5-16(11)12;;/h1-3,6,8,14H,4-5,7H2;2*1H. The van der Waals surface area contributed by atoms with Gasteiger partial charge in [-0.15, -0.1) is 24.8 Å². The molecule has 1 N–H and O–H groups in total. The van der Waals surface area contributed by atoms with Gasteiger partial charge < -0.3 is 9.88 Å². The smallest absolute Gasteiger partial charge is 0.140 e. The zero-order chi connectivity index (χ0) is 11.0. The SMILES string of the molecule is Cl.Cl.Fc1cccc(-c2ncc3n2CCNC3)c1. The Labute approximate surface area is 117 Å². The van der Waals surface area contributed by atoms with E-state index in [4.69, 9.17) is 0 Å². The maximum absolute atomic E-state index is 13.1. The first kappa shape index (κ1) is 15.0. The average molecular weight is 290 g/mol. The predicted molar refractivity (Wildman–Crippen MR) is 73.8 cm³/mol. The molecule has 0 saturated heterocycles. The highest BCUT2D eigenvalue weighted by molar-refractivity contribution is 5.85. The number of nitrogens with zero attached hydrogens (tertiary/aromatic N) is 2. The number of hydrogen-bond acceptors (Lipinski definition) is 2. The molecule has 0 radical (unpaired) electrons. The second kappa shape index (κ2) is 6.18. The largest absolute Gasteiger partial charge is 0.326 e. The van der Waals surface area contributed by atoms with E-state index < -0.39 is 0 Å². The summed E-state index contributed by atoms with van der Waals surface area (Å²) in [4.78, 5) is 4.37. The van der Waals surface area contributed by atoms with Crippen LogP contribution in [0.2, 0.25) is 0 Å². The Balaban J connectivity index is 0.000000810. The lowest BCUT2D eigenvalue weighted by atomic mass is 10.2. The van der Waals surface area contributed by atoms with Crippen molar-refractivity contribution in [2.24, 2.45) is 0 Å². The van der Waals surface area contributed by atoms with Gasteiger partial charge in [0.05, 0.1) is 11.9 Å². The van der Waals surface area contributed by atoms with E-state index in [1.165, 1.54) is 12.1 Å². The van der Waals surface area contributed by atoms with E-state index >= 15 is 0 Å². The normalized spacial score (nSPS) is 13.2. The molecular weight excluding hydrogens is 276 g/mol. The highest BCUT2D eigenvalue weighted by Gasteiger charge is 2.14. The molecule has 0 atom stereocenters. The molecule has 98 valence electrons. The molecule has 0 unspecified atom stereocenters. The number of hydrogen-bond donors (Lipinski definition) is 1. The molecule has 0 fully saturated rings. The lowest BCUT2D eigenvalue weighted by molar-refractivity contribution is 0.519. The number of imidazole rings is 1. The average Bonchev–Trinajstić information content (AvgIpc) is 2.72. The van der Waals surface area contributed by atoms with E-state index in [-0.39, 0.29) is 30.6 Å². The van der Waals surface area contributed by atoms with E-state index in [0.717, 1.165) is 36.7 Å². The Bertz CT molecular complexity index is 528. The van der Waals surface area contributed by atoms with Gasteiger partial charge in [-0.1, -0.05) is 12.1 Å². The molecule has 18 heavy (non-hydrogen) atoms. The van der Waals surface area contributed by atoms with Gasteiger partial charge in [0.25, 0.3) is 0 Å². The van der Waals surface area contributed by atoms with Crippen LogP contribution < -0.4 is 5.32 Å². The molecule has 0 aliphatic carbocycles. The van der Waals surface area contributed by atoms with Crippen molar-refractivity contribution in [1.29, 1.82) is 0 Å². The van der Waals surface area contributed by atoms with Crippen molar-refractivity contribution >= 4 is 24.8 Å². The van der Waals surface area contributed by atoms with Gasteiger partial charge in [0, 0.05) is 25.2 Å². The van der Waals surface area contributed by atoms with Gasteiger partial charge in [0.1, 0.15) is 11.6 Å². The Morgan fingerprint density at radius 2 is 2.11 bits per heavy atom. The van der Waals surface area contributed by atoms with Crippen LogP contribution in [-0.4, -0.2) is 16.1 Å². The van der Waals surface area contributed by atoms with Crippen molar-refractivity contribution in [1.82, 2.24) is 14.9 Å². The third kappa shape index (κ3) is 2.66. The van der Waals surface area contributed by atoms with Crippen LogP contribution >= 0.6 is 24.8 Å². The Morgan fingerprint density at radius 1 is 1.28 bits per heavy atom. The van der Waals surface area contributed by atoms with Gasteiger partial charge in [-0.05, 0) is 12.1 Å². The minimum atomic E-state index is -0.219. The van der Waals surface area contributed by atoms with Gasteiger partial charge in [-0.2, -0.15) is 0 Å². The van der Waals surface area contributed by atoms with E-state index in [1.807, 2.05) is 12.3 Å². The lowest BCUT2D eigenvalue weighted by Gasteiger charge is -2.17. The Morgan fingerprint density at radius 3 is 2.89 bits per heavy atom. The summed E-state index contributed by atoms with van der Waals surface area (Å²) in [6.07, 6.45) is 1.85. The molecule has 1 aromatic heterocycles. The summed E-state index contributed by atoms with van der Waals surface area (Å²) >= 11 is 0. The number of aromatic nitrogens is 2. The van der Waals surface area contributed by atoms with Crippen molar-refractivity contribution < 1.29 is 4.39 Å². The minimum Gasteiger partial charge on any atom is -0.326 e. The van der Waals surface area contributed by atoms with Gasteiger partial charge in [0.2, 0.25) is 0 Å². The molecule has 3 rings (SSSR count). The Hall–Kier alpha value is -1.10. The van der Waals surface area contributed by atoms with Gasteiger partial charge in [-0.25, -0.2) is 9.37 Å². The zero-order valence-corrected chi connectivity index (χ0v) is 11.2. The third-order valence-corrected chi connectivity index (χ3v) is 2.84. The van der Waals surface area contributed by atoms with Crippen molar-refractivity contribution in [2.45, 2.75) is 13.1 Å². The molecule has 3 nitrogen and oxygen atoms in total. The minimum absolute atomic E-state index is 0. The number of benzene rings is 1. The van der Waals surface area contributed by atoms with Crippen LogP contribution in [0.25, 0.3) is 11.4 Å². The molecule has 1 aromatic carbocycles. The molecule has 2 aromatic rings. The number of rotatable bonds is 1. The first-order valence-electron chi connectivity index (χ1n) is 5.35. The number of halogens is 3. The van der Waals surface area contributed by atoms with Crippen molar-refractivity contribution in [2.75, 3.05) is 6.54 Å². The highest BCUT2D eigenvalue weighted by Crippen LogP contribution is 2.21. The molecular formula is C12H14Cl2FN3. The maximum Gasteiger partial charge on any atom is 0.140 e. The fourth-order valence-corrected chi connectivity index (χ4v) is 2.07. The summed E-state index contributed by atoms with van der Waals surface area (Å²) < 4.78 is 15.3. The summed E-state index contributed by atoms with van der Waals surface area (Å²) in [5, 5.41) is 3.28. The van der Waals surface area contributed by atoms with Crippen LogP contribution in [-0.2, 0) is 13.1 Å². The van der Waals surface area contributed by atoms with Crippen LogP contribution in [0, 0.1) is 5.82 Å². The third-order valence-electron chi connectivity index (χ3n) is 2.84. The first-order chi connectivity index (χ1) is 7.84. The monoisotopic (exact) mass is 289 g/mol. The molecule has 0 amide bonds. The lowest BCUT2D eigenvalue weighted by Crippen LogP contribution is -2.27. The van der Waals surface area contributed by atoms with Crippen LogP contribution in [0.1, 0.15) is 5.69 Å². The van der Waals surface area contributed by atoms with Crippen molar-refractivity contribution in [3.8, 4) is 11.4 Å². The van der Waals surface area contributed by atoms with Crippen LogP contribution in [0.3, 0.4) is 0 Å². The molecule has 6 heteroatoms. The van der Waals surface area contributed by atoms with E-state index in [1.54, 1.807) is 6.07 Å². The van der Waals surface area contributed by atoms with Gasteiger partial charge in [-0.3, -0.25) is 0 Å². The van der Waals surface area contributed by atoms with Crippen molar-refractivity contribution in [3.05, 3.63) is 42.0 Å². The summed E-state index contributed by atoms with van der Waals surface area (Å²) in [6.45, 7) is 2.66. The summed E-state index contributed by atoms with van der Waals surface area (Å²) in [5.41, 5.74) is 2.00. The Kier molecular flexibility index (Phi) is 5.14. The molecule has 2 heterocycles. The van der Waals surface area contributed by atoms with E-state index in [0.29, 0.717) is 0 Å². The zero-order valence-electron chi connectivity index (χ0n) is 9.60. The van der Waals surface area contributed by atoms with Crippen LogP contribution in [0.4, 0.5) is 4.39 Å². The fourth-order valence-electron chi connectivity index (χ4n) is 2.07. The second-order valence-corrected chi connectivity index (χ2v) is 3.91. The quantitative estimate of drug-likeness (QED) is 0.875. The summed E-state index contributed by atoms with van der Waals surface area (Å²) in [5.74, 6) is 0.639. The summed E-state index contributed by atoms with van der Waals surface area (Å²) in [7, 11) is 0. The molecule has 1 aliphatic rings. The number of nitrogens with one attached hydrogen (secondary N) is 1. The molecule has 0 saturated carbocycles. The van der Waals surface area contributed by atoms with Crippen molar-refractivity contribution in [3.63, 3.8) is 0 Å². The second-order valence-electron chi connectivity index (χ2n) is 3.91. The van der Waals surface area contributed by atoms with Crippen LogP contribution in [0.15, 0.2) is 30.5 Å². The molecule has 0 spiro atoms. The van der Waals surface area contributed by atoms with E-state index in [2.05, 4.69) is 14.9 Å².